The van der Waals surface area contributed by atoms with E-state index in [2.05, 4.69) is 15.3 Å². The summed E-state index contributed by atoms with van der Waals surface area (Å²) in [5, 5.41) is 3.27. The lowest BCUT2D eigenvalue weighted by Gasteiger charge is -2.13. The Morgan fingerprint density at radius 1 is 1.09 bits per heavy atom. The number of hydrogen-bond donors (Lipinski definition) is 2. The normalized spacial score (nSPS) is 11.2. The van der Waals surface area contributed by atoms with Crippen LogP contribution in [0, 0.1) is 5.92 Å². The van der Waals surface area contributed by atoms with Crippen molar-refractivity contribution < 1.29 is 9.59 Å². The van der Waals surface area contributed by atoms with Crippen LogP contribution in [0.4, 0.5) is 5.69 Å². The molecule has 3 rings (SSSR count). The Morgan fingerprint density at radius 2 is 1.75 bits per heavy atom. The number of anilines is 1. The number of thioether (sulfide) groups is 1. The van der Waals surface area contributed by atoms with Gasteiger partial charge in [0, 0.05) is 31.8 Å². The molecule has 0 fully saturated rings. The molecule has 3 N–H and O–H groups in total. The van der Waals surface area contributed by atoms with Gasteiger partial charge in [-0.05, 0) is 30.2 Å². The van der Waals surface area contributed by atoms with Gasteiger partial charge in [0.25, 0.3) is 5.56 Å². The molecule has 10 nitrogen and oxygen atoms in total. The zero-order chi connectivity index (χ0) is 23.6. The fraction of sp³-hybridized carbons (Fsp3) is 0.333. The smallest absolute Gasteiger partial charge is 0.332 e. The summed E-state index contributed by atoms with van der Waals surface area (Å²) in [6, 6.07) is 6.20. The summed E-state index contributed by atoms with van der Waals surface area (Å²) in [6.07, 6.45) is 0.561. The van der Waals surface area contributed by atoms with Gasteiger partial charge in [-0.1, -0.05) is 25.6 Å². The summed E-state index contributed by atoms with van der Waals surface area (Å²) in [4.78, 5) is 57.7. The minimum absolute atomic E-state index is 0.0171. The zero-order valence-corrected chi connectivity index (χ0v) is 19.0. The molecule has 0 aliphatic heterocycles. The van der Waals surface area contributed by atoms with Crippen LogP contribution in [-0.4, -0.2) is 36.7 Å². The van der Waals surface area contributed by atoms with E-state index in [4.69, 9.17) is 5.73 Å². The first kappa shape index (κ1) is 23.2. The van der Waals surface area contributed by atoms with Crippen molar-refractivity contribution in [1.82, 2.24) is 19.1 Å². The average Bonchev–Trinajstić information content (AvgIpc) is 2.74. The quantitative estimate of drug-likeness (QED) is 0.400. The van der Waals surface area contributed by atoms with Gasteiger partial charge in [-0.25, -0.2) is 14.8 Å². The van der Waals surface area contributed by atoms with E-state index in [-0.39, 0.29) is 28.6 Å². The number of hydrogen-bond acceptors (Lipinski definition) is 7. The van der Waals surface area contributed by atoms with Gasteiger partial charge in [0.05, 0.1) is 5.75 Å². The molecule has 0 spiro atoms. The van der Waals surface area contributed by atoms with Crippen LogP contribution in [0.5, 0.6) is 0 Å². The number of amides is 2. The van der Waals surface area contributed by atoms with Gasteiger partial charge >= 0.3 is 5.69 Å². The molecule has 168 valence electrons. The highest BCUT2D eigenvalue weighted by molar-refractivity contribution is 8.00. The molecule has 0 aliphatic rings. The van der Waals surface area contributed by atoms with E-state index in [0.29, 0.717) is 28.5 Å². The number of rotatable bonds is 7. The van der Waals surface area contributed by atoms with Crippen LogP contribution in [0.25, 0.3) is 11.0 Å². The second-order valence-corrected chi connectivity index (χ2v) is 8.69. The molecule has 0 saturated carbocycles. The number of aryl methyl sites for hydroxylation is 1. The van der Waals surface area contributed by atoms with E-state index in [1.165, 1.54) is 23.7 Å². The van der Waals surface area contributed by atoms with Crippen molar-refractivity contribution in [2.75, 3.05) is 11.1 Å². The number of nitrogens with zero attached hydrogens (tertiary/aromatic N) is 4. The van der Waals surface area contributed by atoms with Crippen LogP contribution in [0.1, 0.15) is 30.0 Å². The van der Waals surface area contributed by atoms with Crippen molar-refractivity contribution >= 4 is 40.3 Å². The third-order valence-electron chi connectivity index (χ3n) is 4.70. The van der Waals surface area contributed by atoms with Crippen molar-refractivity contribution in [3.8, 4) is 0 Å². The zero-order valence-electron chi connectivity index (χ0n) is 18.2. The molecule has 2 heterocycles. The summed E-state index contributed by atoms with van der Waals surface area (Å²) < 4.78 is 2.31. The molecule has 2 amide bonds. The number of aromatic nitrogens is 4. The van der Waals surface area contributed by atoms with Gasteiger partial charge in [-0.15, -0.1) is 0 Å². The predicted octanol–water partition coefficient (Wildman–Crippen LogP) is 1.06. The van der Waals surface area contributed by atoms with Crippen LogP contribution < -0.4 is 22.3 Å². The number of fused-ring (bicyclic) bond motifs is 1. The average molecular weight is 457 g/mol. The molecule has 0 radical (unpaired) electrons. The van der Waals surface area contributed by atoms with Gasteiger partial charge in [-0.2, -0.15) is 0 Å². The van der Waals surface area contributed by atoms with Gasteiger partial charge in [0.1, 0.15) is 16.2 Å². The molecule has 32 heavy (non-hydrogen) atoms. The third-order valence-corrected chi connectivity index (χ3v) is 5.67. The standard InChI is InChI=1S/C21H24N6O4S/c1-11(2)9-14-24-18-16(20(30)27(4)21(31)26(18)3)19(25-14)32-10-15(28)23-13-7-5-12(6-8-13)17(22)29/h5-8,11H,9-10H2,1-4H3,(H2,22,29)(H,23,28). The van der Waals surface area contributed by atoms with E-state index in [9.17, 15) is 19.2 Å². The fourth-order valence-corrected chi connectivity index (χ4v) is 3.91. The van der Waals surface area contributed by atoms with Crippen LogP contribution >= 0.6 is 11.8 Å². The Labute approximate surface area is 187 Å². The molecule has 0 saturated heterocycles. The van der Waals surface area contributed by atoms with Crippen molar-refractivity contribution in [2.24, 2.45) is 25.7 Å². The molecular formula is C21H24N6O4S. The Morgan fingerprint density at radius 3 is 2.34 bits per heavy atom. The monoisotopic (exact) mass is 456 g/mol. The summed E-state index contributed by atoms with van der Waals surface area (Å²) >= 11 is 1.10. The molecule has 0 unspecified atom stereocenters. The van der Waals surface area contributed by atoms with Crippen molar-refractivity contribution in [2.45, 2.75) is 25.3 Å². The van der Waals surface area contributed by atoms with E-state index < -0.39 is 17.2 Å². The lowest BCUT2D eigenvalue weighted by Crippen LogP contribution is -2.38. The van der Waals surface area contributed by atoms with Gasteiger partial charge in [0.15, 0.2) is 5.65 Å². The summed E-state index contributed by atoms with van der Waals surface area (Å²) in [5.74, 6) is -0.124. The van der Waals surface area contributed by atoms with E-state index in [1.54, 1.807) is 19.2 Å². The SMILES string of the molecule is CC(C)Cc1nc(SCC(=O)Nc2ccc(C(N)=O)cc2)c2c(=O)n(C)c(=O)n(C)c2n1. The molecule has 0 aliphatic carbocycles. The lowest BCUT2D eigenvalue weighted by atomic mass is 10.1. The highest BCUT2D eigenvalue weighted by Gasteiger charge is 2.19. The van der Waals surface area contributed by atoms with Crippen molar-refractivity contribution in [3.05, 3.63) is 56.5 Å². The maximum atomic E-state index is 12.8. The second kappa shape index (κ2) is 9.35. The molecular weight excluding hydrogens is 432 g/mol. The Balaban J connectivity index is 1.91. The number of nitrogens with two attached hydrogens (primary N) is 1. The van der Waals surface area contributed by atoms with Gasteiger partial charge in [-0.3, -0.25) is 23.5 Å². The maximum Gasteiger partial charge on any atom is 0.332 e. The predicted molar refractivity (Wildman–Crippen MR) is 123 cm³/mol. The van der Waals surface area contributed by atoms with E-state index in [1.807, 2.05) is 13.8 Å². The van der Waals surface area contributed by atoms with Crippen molar-refractivity contribution in [1.29, 1.82) is 0 Å². The highest BCUT2D eigenvalue weighted by atomic mass is 32.2. The van der Waals surface area contributed by atoms with Crippen LogP contribution in [-0.2, 0) is 25.3 Å². The number of carbonyl (C=O) groups is 2. The first-order valence-corrected chi connectivity index (χ1v) is 10.9. The topological polar surface area (TPSA) is 142 Å². The molecule has 3 aromatic rings. The highest BCUT2D eigenvalue weighted by Crippen LogP contribution is 2.23. The Bertz CT molecular complexity index is 1310. The maximum absolute atomic E-state index is 12.8. The lowest BCUT2D eigenvalue weighted by molar-refractivity contribution is -0.113. The summed E-state index contributed by atoms with van der Waals surface area (Å²) in [6.45, 7) is 4.03. The van der Waals surface area contributed by atoms with Gasteiger partial charge < -0.3 is 11.1 Å². The number of carbonyl (C=O) groups excluding carboxylic acids is 2. The fourth-order valence-electron chi connectivity index (χ4n) is 3.08. The van der Waals surface area contributed by atoms with Gasteiger partial charge in [0.2, 0.25) is 11.8 Å². The Hall–Kier alpha value is -3.47. The minimum Gasteiger partial charge on any atom is -0.366 e. The summed E-state index contributed by atoms with van der Waals surface area (Å²) in [5.41, 5.74) is 5.31. The van der Waals surface area contributed by atoms with E-state index >= 15 is 0 Å². The minimum atomic E-state index is -0.553. The first-order chi connectivity index (χ1) is 15.1. The second-order valence-electron chi connectivity index (χ2n) is 7.73. The summed E-state index contributed by atoms with van der Waals surface area (Å²) in [7, 11) is 2.94. The number of primary amides is 1. The van der Waals surface area contributed by atoms with Crippen molar-refractivity contribution in [3.63, 3.8) is 0 Å². The number of nitrogens with one attached hydrogen (secondary N) is 1. The number of benzene rings is 1. The Kier molecular flexibility index (Phi) is 6.78. The third kappa shape index (κ3) is 4.88. The molecule has 0 bridgehead atoms. The molecule has 11 heteroatoms. The molecule has 0 atom stereocenters. The molecule has 1 aromatic carbocycles. The van der Waals surface area contributed by atoms with Crippen LogP contribution in [0.15, 0.2) is 38.9 Å². The molecule has 2 aromatic heterocycles. The van der Waals surface area contributed by atoms with Crippen LogP contribution in [0.2, 0.25) is 0 Å². The van der Waals surface area contributed by atoms with E-state index in [0.717, 1.165) is 16.3 Å². The van der Waals surface area contributed by atoms with Crippen LogP contribution in [0.3, 0.4) is 0 Å². The first-order valence-electron chi connectivity index (χ1n) is 9.87. The largest absolute Gasteiger partial charge is 0.366 e.